The number of imidazole rings is 1. The van der Waals surface area contributed by atoms with Gasteiger partial charge in [-0.25, -0.2) is 4.98 Å². The minimum Gasteiger partial charge on any atom is -0.329 e. The summed E-state index contributed by atoms with van der Waals surface area (Å²) in [6, 6.07) is 6.14. The van der Waals surface area contributed by atoms with Crippen molar-refractivity contribution in [3.05, 3.63) is 36.4 Å². The molecule has 0 unspecified atom stereocenters. The van der Waals surface area contributed by atoms with E-state index in [1.807, 2.05) is 18.3 Å². The summed E-state index contributed by atoms with van der Waals surface area (Å²) >= 11 is 0. The molecular formula is C11H13N3. The molecule has 0 aliphatic heterocycles. The fourth-order valence-electron chi connectivity index (χ4n) is 2.01. The van der Waals surface area contributed by atoms with Gasteiger partial charge in [-0.15, -0.1) is 0 Å². The minimum atomic E-state index is 0.174. The van der Waals surface area contributed by atoms with Crippen LogP contribution in [-0.2, 0) is 5.41 Å². The third-order valence-electron chi connectivity index (χ3n) is 3.16. The minimum absolute atomic E-state index is 0.174. The van der Waals surface area contributed by atoms with Gasteiger partial charge in [0.05, 0.1) is 11.7 Å². The molecule has 1 aliphatic carbocycles. The highest BCUT2D eigenvalue weighted by atomic mass is 15.0. The molecule has 3 nitrogen and oxygen atoms in total. The van der Waals surface area contributed by atoms with Gasteiger partial charge in [0.1, 0.15) is 5.82 Å². The molecule has 1 fully saturated rings. The van der Waals surface area contributed by atoms with E-state index in [1.54, 1.807) is 0 Å². The van der Waals surface area contributed by atoms with Gasteiger partial charge in [0, 0.05) is 18.2 Å². The Bertz CT molecular complexity index is 468. The number of hydrogen-bond donors (Lipinski definition) is 1. The zero-order valence-corrected chi connectivity index (χ0v) is 7.98. The Kier molecular flexibility index (Phi) is 1.47. The standard InChI is InChI=1S/C11H13N3/c12-8-11(4-5-11)10-13-7-9-3-1-2-6-14(9)10/h1-3,6-7H,4-5,8,12H2. The first-order chi connectivity index (χ1) is 6.86. The lowest BCUT2D eigenvalue weighted by Crippen LogP contribution is -2.22. The highest BCUT2D eigenvalue weighted by Gasteiger charge is 2.46. The van der Waals surface area contributed by atoms with E-state index < -0.39 is 0 Å². The van der Waals surface area contributed by atoms with Crippen LogP contribution in [0.2, 0.25) is 0 Å². The first-order valence-electron chi connectivity index (χ1n) is 4.98. The first kappa shape index (κ1) is 8.00. The number of aromatic nitrogens is 2. The summed E-state index contributed by atoms with van der Waals surface area (Å²) in [5.41, 5.74) is 7.13. The first-order valence-corrected chi connectivity index (χ1v) is 4.98. The lowest BCUT2D eigenvalue weighted by Gasteiger charge is -2.10. The van der Waals surface area contributed by atoms with E-state index in [9.17, 15) is 0 Å². The van der Waals surface area contributed by atoms with Gasteiger partial charge in [0.15, 0.2) is 0 Å². The molecule has 2 heterocycles. The molecule has 2 N–H and O–H groups in total. The molecule has 14 heavy (non-hydrogen) atoms. The van der Waals surface area contributed by atoms with Gasteiger partial charge < -0.3 is 10.1 Å². The summed E-state index contributed by atoms with van der Waals surface area (Å²) in [4.78, 5) is 4.48. The Morgan fingerprint density at radius 1 is 1.43 bits per heavy atom. The summed E-state index contributed by atoms with van der Waals surface area (Å²) < 4.78 is 2.15. The van der Waals surface area contributed by atoms with E-state index in [2.05, 4.69) is 21.6 Å². The highest BCUT2D eigenvalue weighted by Crippen LogP contribution is 2.46. The Labute approximate surface area is 82.6 Å². The zero-order chi connectivity index (χ0) is 9.60. The summed E-state index contributed by atoms with van der Waals surface area (Å²) in [5.74, 6) is 1.13. The molecular weight excluding hydrogens is 174 g/mol. The lowest BCUT2D eigenvalue weighted by atomic mass is 10.1. The van der Waals surface area contributed by atoms with E-state index in [1.165, 1.54) is 12.8 Å². The van der Waals surface area contributed by atoms with Gasteiger partial charge in [0.25, 0.3) is 0 Å². The van der Waals surface area contributed by atoms with Gasteiger partial charge in [-0.05, 0) is 25.0 Å². The predicted octanol–water partition coefficient (Wildman–Crippen LogP) is 1.32. The molecule has 1 aliphatic rings. The number of pyridine rings is 1. The Morgan fingerprint density at radius 3 is 3.00 bits per heavy atom. The van der Waals surface area contributed by atoms with Crippen LogP contribution in [0.15, 0.2) is 30.6 Å². The molecule has 3 rings (SSSR count). The van der Waals surface area contributed by atoms with Crippen LogP contribution in [0.3, 0.4) is 0 Å². The van der Waals surface area contributed by atoms with E-state index >= 15 is 0 Å². The average molecular weight is 187 g/mol. The van der Waals surface area contributed by atoms with E-state index in [4.69, 9.17) is 5.73 Å². The molecule has 2 aromatic rings. The summed E-state index contributed by atoms with van der Waals surface area (Å²) in [7, 11) is 0. The molecule has 0 aromatic carbocycles. The molecule has 2 aromatic heterocycles. The lowest BCUT2D eigenvalue weighted by molar-refractivity contribution is 0.646. The third-order valence-corrected chi connectivity index (χ3v) is 3.16. The average Bonchev–Trinajstić information content (AvgIpc) is 2.91. The Balaban J connectivity index is 2.22. The Morgan fingerprint density at radius 2 is 2.29 bits per heavy atom. The summed E-state index contributed by atoms with van der Waals surface area (Å²) in [6.07, 6.45) is 6.34. The third kappa shape index (κ3) is 0.930. The van der Waals surface area contributed by atoms with Crippen LogP contribution in [0.4, 0.5) is 0 Å². The number of nitrogens with zero attached hydrogens (tertiary/aromatic N) is 2. The van der Waals surface area contributed by atoms with Crippen LogP contribution in [0.5, 0.6) is 0 Å². The number of fused-ring (bicyclic) bond motifs is 1. The molecule has 0 radical (unpaired) electrons. The van der Waals surface area contributed by atoms with Crippen LogP contribution in [0, 0.1) is 0 Å². The van der Waals surface area contributed by atoms with Crippen LogP contribution in [0.1, 0.15) is 18.7 Å². The van der Waals surface area contributed by atoms with Crippen LogP contribution >= 0.6 is 0 Å². The van der Waals surface area contributed by atoms with Crippen LogP contribution in [0.25, 0.3) is 5.52 Å². The number of rotatable bonds is 2. The molecule has 1 saturated carbocycles. The quantitative estimate of drug-likeness (QED) is 0.770. The maximum absolute atomic E-state index is 5.80. The van der Waals surface area contributed by atoms with Gasteiger partial charge in [-0.3, -0.25) is 0 Å². The highest BCUT2D eigenvalue weighted by molar-refractivity contribution is 5.47. The second-order valence-corrected chi connectivity index (χ2v) is 4.06. The van der Waals surface area contributed by atoms with Crippen LogP contribution < -0.4 is 5.73 Å². The Hall–Kier alpha value is -1.35. The maximum Gasteiger partial charge on any atom is 0.120 e. The van der Waals surface area contributed by atoms with E-state index in [-0.39, 0.29) is 5.41 Å². The van der Waals surface area contributed by atoms with Crippen molar-refractivity contribution < 1.29 is 0 Å². The van der Waals surface area contributed by atoms with E-state index in [0.717, 1.165) is 11.3 Å². The normalized spacial score (nSPS) is 18.6. The molecule has 72 valence electrons. The number of nitrogens with two attached hydrogens (primary N) is 1. The molecule has 0 amide bonds. The fraction of sp³-hybridized carbons (Fsp3) is 0.364. The van der Waals surface area contributed by atoms with E-state index in [0.29, 0.717) is 6.54 Å². The van der Waals surface area contributed by atoms with Crippen LogP contribution in [-0.4, -0.2) is 15.9 Å². The maximum atomic E-state index is 5.80. The van der Waals surface area contributed by atoms with Gasteiger partial charge in [-0.1, -0.05) is 6.07 Å². The second-order valence-electron chi connectivity index (χ2n) is 4.06. The van der Waals surface area contributed by atoms with Crippen molar-refractivity contribution in [3.63, 3.8) is 0 Å². The fourth-order valence-corrected chi connectivity index (χ4v) is 2.01. The monoisotopic (exact) mass is 187 g/mol. The predicted molar refractivity (Wildman–Crippen MR) is 55.2 cm³/mol. The van der Waals surface area contributed by atoms with Crippen molar-refractivity contribution in [3.8, 4) is 0 Å². The van der Waals surface area contributed by atoms with Crippen molar-refractivity contribution in [1.29, 1.82) is 0 Å². The molecule has 0 bridgehead atoms. The topological polar surface area (TPSA) is 43.3 Å². The number of hydrogen-bond acceptors (Lipinski definition) is 2. The van der Waals surface area contributed by atoms with Gasteiger partial charge in [0.2, 0.25) is 0 Å². The van der Waals surface area contributed by atoms with Crippen molar-refractivity contribution in [1.82, 2.24) is 9.38 Å². The summed E-state index contributed by atoms with van der Waals surface area (Å²) in [5, 5.41) is 0. The molecule has 0 spiro atoms. The smallest absolute Gasteiger partial charge is 0.120 e. The van der Waals surface area contributed by atoms with Crippen molar-refractivity contribution in [2.75, 3.05) is 6.54 Å². The van der Waals surface area contributed by atoms with Crippen molar-refractivity contribution >= 4 is 5.52 Å². The SMILES string of the molecule is NCC1(c2ncc3ccccn23)CC1. The van der Waals surface area contributed by atoms with Gasteiger partial charge >= 0.3 is 0 Å². The van der Waals surface area contributed by atoms with Crippen molar-refractivity contribution in [2.24, 2.45) is 5.73 Å². The summed E-state index contributed by atoms with van der Waals surface area (Å²) in [6.45, 7) is 0.709. The molecule has 0 atom stereocenters. The van der Waals surface area contributed by atoms with Crippen molar-refractivity contribution in [2.45, 2.75) is 18.3 Å². The zero-order valence-electron chi connectivity index (χ0n) is 7.98. The molecule has 3 heteroatoms. The molecule has 0 saturated heterocycles. The second kappa shape index (κ2) is 2.58. The largest absolute Gasteiger partial charge is 0.329 e. The van der Waals surface area contributed by atoms with Gasteiger partial charge in [-0.2, -0.15) is 0 Å².